The summed E-state index contributed by atoms with van der Waals surface area (Å²) in [6, 6.07) is 3.47. The molecular weight excluding hydrogens is 390 g/mol. The number of likely N-dealkylation sites (N-methyl/N-ethyl adjacent to an activating group) is 1. The Labute approximate surface area is 174 Å². The van der Waals surface area contributed by atoms with Gasteiger partial charge in [-0.3, -0.25) is 9.69 Å². The fourth-order valence-corrected chi connectivity index (χ4v) is 5.43. The van der Waals surface area contributed by atoms with Crippen LogP contribution in [0.1, 0.15) is 33.1 Å². The molecule has 2 aliphatic rings. The fraction of sp³-hybridized carbons (Fsp3) is 0.700. The number of rotatable bonds is 7. The SMILES string of the molecule is CCN(CC)C(=O)CN1CCN(c2ccc(S(=O)(=O)N3CCCCC3)cn2)CC1. The van der Waals surface area contributed by atoms with Crippen LogP contribution in [-0.2, 0) is 14.8 Å². The van der Waals surface area contributed by atoms with Crippen LogP contribution in [0.25, 0.3) is 0 Å². The van der Waals surface area contributed by atoms with E-state index in [1.54, 1.807) is 16.4 Å². The van der Waals surface area contributed by atoms with Crippen LogP contribution >= 0.6 is 0 Å². The van der Waals surface area contributed by atoms with E-state index in [9.17, 15) is 13.2 Å². The van der Waals surface area contributed by atoms with Crippen molar-refractivity contribution in [2.75, 3.05) is 63.8 Å². The van der Waals surface area contributed by atoms with Crippen molar-refractivity contribution in [3.05, 3.63) is 18.3 Å². The van der Waals surface area contributed by atoms with Gasteiger partial charge in [-0.05, 0) is 38.8 Å². The molecule has 2 saturated heterocycles. The molecule has 0 bridgehead atoms. The lowest BCUT2D eigenvalue weighted by atomic mass is 10.2. The van der Waals surface area contributed by atoms with Gasteiger partial charge in [-0.2, -0.15) is 4.31 Å². The van der Waals surface area contributed by atoms with Crippen LogP contribution in [0.4, 0.5) is 5.82 Å². The number of anilines is 1. The monoisotopic (exact) mass is 423 g/mol. The highest BCUT2D eigenvalue weighted by Crippen LogP contribution is 2.22. The molecule has 0 spiro atoms. The third-order valence-electron chi connectivity index (χ3n) is 5.84. The first-order valence-corrected chi connectivity index (χ1v) is 12.1. The smallest absolute Gasteiger partial charge is 0.244 e. The number of amides is 1. The number of piperazine rings is 1. The molecule has 162 valence electrons. The summed E-state index contributed by atoms with van der Waals surface area (Å²) in [5.74, 6) is 0.964. The lowest BCUT2D eigenvalue weighted by molar-refractivity contribution is -0.132. The Morgan fingerprint density at radius 1 is 1.00 bits per heavy atom. The Hall–Kier alpha value is -1.71. The molecule has 9 heteroatoms. The van der Waals surface area contributed by atoms with Crippen LogP contribution in [0.3, 0.4) is 0 Å². The first kappa shape index (κ1) is 22.0. The molecule has 0 aromatic carbocycles. The molecule has 0 aliphatic carbocycles. The maximum atomic E-state index is 12.8. The van der Waals surface area contributed by atoms with Gasteiger partial charge in [0.2, 0.25) is 15.9 Å². The van der Waals surface area contributed by atoms with Gasteiger partial charge in [0.1, 0.15) is 10.7 Å². The zero-order valence-corrected chi connectivity index (χ0v) is 18.4. The van der Waals surface area contributed by atoms with Crippen LogP contribution in [0, 0.1) is 0 Å². The van der Waals surface area contributed by atoms with Crippen molar-refractivity contribution in [3.63, 3.8) is 0 Å². The predicted octanol–water partition coefficient (Wildman–Crippen LogP) is 1.25. The van der Waals surface area contributed by atoms with Crippen molar-refractivity contribution < 1.29 is 13.2 Å². The Kier molecular flexibility index (Phi) is 7.48. The summed E-state index contributed by atoms with van der Waals surface area (Å²) in [5, 5.41) is 0. The van der Waals surface area contributed by atoms with Crippen LogP contribution in [0.15, 0.2) is 23.2 Å². The van der Waals surface area contributed by atoms with Gasteiger partial charge in [-0.25, -0.2) is 13.4 Å². The summed E-state index contributed by atoms with van der Waals surface area (Å²) < 4.78 is 27.1. The molecular formula is C20H33N5O3S. The molecule has 0 atom stereocenters. The molecule has 0 unspecified atom stereocenters. The summed E-state index contributed by atoms with van der Waals surface area (Å²) >= 11 is 0. The normalized spacial score (nSPS) is 19.3. The quantitative estimate of drug-likeness (QED) is 0.657. The molecule has 0 N–H and O–H groups in total. The number of carbonyl (C=O) groups excluding carboxylic acids is 1. The van der Waals surface area contributed by atoms with Crippen LogP contribution in [-0.4, -0.2) is 92.3 Å². The van der Waals surface area contributed by atoms with Crippen LogP contribution < -0.4 is 4.90 Å². The number of hydrogen-bond acceptors (Lipinski definition) is 6. The third-order valence-corrected chi connectivity index (χ3v) is 7.73. The molecule has 3 rings (SSSR count). The summed E-state index contributed by atoms with van der Waals surface area (Å²) in [5.41, 5.74) is 0. The van der Waals surface area contributed by atoms with E-state index in [1.807, 2.05) is 18.7 Å². The Morgan fingerprint density at radius 2 is 1.66 bits per heavy atom. The standard InChI is InChI=1S/C20H33N5O3S/c1-3-23(4-2)20(26)17-22-12-14-24(15-13-22)19-9-8-18(16-21-19)29(27,28)25-10-6-5-7-11-25/h8-9,16H,3-7,10-15,17H2,1-2H3. The molecule has 2 aliphatic heterocycles. The van der Waals surface area contributed by atoms with Gasteiger partial charge in [0.15, 0.2) is 0 Å². The largest absolute Gasteiger partial charge is 0.354 e. The molecule has 1 aromatic rings. The second kappa shape index (κ2) is 9.86. The van der Waals surface area contributed by atoms with Crippen molar-refractivity contribution >= 4 is 21.7 Å². The average molecular weight is 424 g/mol. The minimum Gasteiger partial charge on any atom is -0.354 e. The number of piperidine rings is 1. The Morgan fingerprint density at radius 3 is 2.21 bits per heavy atom. The van der Waals surface area contributed by atoms with E-state index in [0.29, 0.717) is 19.6 Å². The molecule has 0 saturated carbocycles. The zero-order valence-electron chi connectivity index (χ0n) is 17.6. The van der Waals surface area contributed by atoms with Gasteiger partial charge >= 0.3 is 0 Å². The average Bonchev–Trinajstić information content (AvgIpc) is 2.76. The van der Waals surface area contributed by atoms with E-state index < -0.39 is 10.0 Å². The number of pyridine rings is 1. The van der Waals surface area contributed by atoms with Crippen LogP contribution in [0.5, 0.6) is 0 Å². The Balaban J connectivity index is 1.56. The lowest BCUT2D eigenvalue weighted by Crippen LogP contribution is -2.50. The maximum Gasteiger partial charge on any atom is 0.244 e. The van der Waals surface area contributed by atoms with E-state index in [1.165, 1.54) is 6.20 Å². The molecule has 29 heavy (non-hydrogen) atoms. The highest BCUT2D eigenvalue weighted by molar-refractivity contribution is 7.89. The maximum absolute atomic E-state index is 12.8. The first-order chi connectivity index (χ1) is 14.0. The molecule has 2 fully saturated rings. The highest BCUT2D eigenvalue weighted by atomic mass is 32.2. The van der Waals surface area contributed by atoms with E-state index in [4.69, 9.17) is 0 Å². The molecule has 0 radical (unpaired) electrons. The number of sulfonamides is 1. The van der Waals surface area contributed by atoms with E-state index >= 15 is 0 Å². The molecule has 3 heterocycles. The number of aromatic nitrogens is 1. The van der Waals surface area contributed by atoms with Crippen molar-refractivity contribution in [2.45, 2.75) is 38.0 Å². The van der Waals surface area contributed by atoms with E-state index in [0.717, 1.165) is 64.3 Å². The lowest BCUT2D eigenvalue weighted by Gasteiger charge is -2.36. The predicted molar refractivity (Wildman–Crippen MR) is 113 cm³/mol. The van der Waals surface area contributed by atoms with Crippen molar-refractivity contribution in [1.29, 1.82) is 0 Å². The number of nitrogens with zero attached hydrogens (tertiary/aromatic N) is 5. The third kappa shape index (κ3) is 5.26. The minimum absolute atomic E-state index is 0.175. The topological polar surface area (TPSA) is 77.1 Å². The van der Waals surface area contributed by atoms with E-state index in [2.05, 4.69) is 14.8 Å². The fourth-order valence-electron chi connectivity index (χ4n) is 3.97. The summed E-state index contributed by atoms with van der Waals surface area (Å²) in [4.78, 5) is 23.2. The number of hydrogen-bond donors (Lipinski definition) is 0. The van der Waals surface area contributed by atoms with Gasteiger partial charge in [0.05, 0.1) is 6.54 Å². The van der Waals surface area contributed by atoms with Crippen molar-refractivity contribution in [2.24, 2.45) is 0 Å². The van der Waals surface area contributed by atoms with Gasteiger partial charge < -0.3 is 9.80 Å². The second-order valence-electron chi connectivity index (χ2n) is 7.65. The molecule has 1 aromatic heterocycles. The zero-order chi connectivity index (χ0) is 20.9. The molecule has 8 nitrogen and oxygen atoms in total. The van der Waals surface area contributed by atoms with Crippen LogP contribution in [0.2, 0.25) is 0 Å². The van der Waals surface area contributed by atoms with Gasteiger partial charge in [-0.15, -0.1) is 0 Å². The molecule has 1 amide bonds. The summed E-state index contributed by atoms with van der Waals surface area (Å²) in [7, 11) is -3.44. The highest BCUT2D eigenvalue weighted by Gasteiger charge is 2.27. The van der Waals surface area contributed by atoms with Gasteiger partial charge in [0, 0.05) is 58.6 Å². The summed E-state index contributed by atoms with van der Waals surface area (Å²) in [6.07, 6.45) is 4.42. The minimum atomic E-state index is -3.44. The van der Waals surface area contributed by atoms with Crippen molar-refractivity contribution in [3.8, 4) is 0 Å². The van der Waals surface area contributed by atoms with Gasteiger partial charge in [-0.1, -0.05) is 6.42 Å². The van der Waals surface area contributed by atoms with Gasteiger partial charge in [0.25, 0.3) is 0 Å². The Bertz CT molecular complexity index is 766. The van der Waals surface area contributed by atoms with Crippen molar-refractivity contribution in [1.82, 2.24) is 19.1 Å². The first-order valence-electron chi connectivity index (χ1n) is 10.7. The van der Waals surface area contributed by atoms with E-state index in [-0.39, 0.29) is 10.8 Å². The second-order valence-corrected chi connectivity index (χ2v) is 9.58. The summed E-state index contributed by atoms with van der Waals surface area (Å²) in [6.45, 7) is 10.3. The number of carbonyl (C=O) groups is 1.